The molecule has 0 aromatic heterocycles. The summed E-state index contributed by atoms with van der Waals surface area (Å²) >= 11 is 1.96. The lowest BCUT2D eigenvalue weighted by atomic mass is 9.88. The van der Waals surface area contributed by atoms with Crippen LogP contribution in [-0.2, 0) is 17.6 Å². The van der Waals surface area contributed by atoms with E-state index in [4.69, 9.17) is 4.74 Å². The smallest absolute Gasteiger partial charge is 0.191 e. The number of aryl methyl sites for hydroxylation is 1. The van der Waals surface area contributed by atoms with Gasteiger partial charge in [0.15, 0.2) is 5.96 Å². The first-order valence-electron chi connectivity index (χ1n) is 8.91. The maximum absolute atomic E-state index is 5.53. The Morgan fingerprint density at radius 1 is 1.28 bits per heavy atom. The van der Waals surface area contributed by atoms with Crippen molar-refractivity contribution < 1.29 is 4.74 Å². The fourth-order valence-corrected chi connectivity index (χ4v) is 4.44. The van der Waals surface area contributed by atoms with Crippen molar-refractivity contribution in [1.29, 1.82) is 0 Å². The molecule has 0 saturated carbocycles. The van der Waals surface area contributed by atoms with Crippen molar-refractivity contribution in [3.63, 3.8) is 0 Å². The van der Waals surface area contributed by atoms with Gasteiger partial charge in [-0.05, 0) is 49.5 Å². The van der Waals surface area contributed by atoms with E-state index in [0.29, 0.717) is 6.04 Å². The maximum Gasteiger partial charge on any atom is 0.191 e. The molecule has 3 rings (SSSR count). The Morgan fingerprint density at radius 2 is 2.00 bits per heavy atom. The Labute approximate surface area is 173 Å². The zero-order valence-electron chi connectivity index (χ0n) is 15.2. The predicted molar refractivity (Wildman–Crippen MR) is 118 cm³/mol. The zero-order valence-corrected chi connectivity index (χ0v) is 18.4. The summed E-state index contributed by atoms with van der Waals surface area (Å²) in [7, 11) is 1.86. The van der Waals surface area contributed by atoms with Gasteiger partial charge in [0.2, 0.25) is 0 Å². The topological polar surface area (TPSA) is 45.7 Å². The molecule has 1 aliphatic carbocycles. The van der Waals surface area contributed by atoms with Gasteiger partial charge in [-0.1, -0.05) is 24.3 Å². The van der Waals surface area contributed by atoms with Crippen molar-refractivity contribution in [3.8, 4) is 0 Å². The van der Waals surface area contributed by atoms with Crippen LogP contribution in [0.15, 0.2) is 29.3 Å². The van der Waals surface area contributed by atoms with E-state index in [2.05, 4.69) is 46.1 Å². The number of thioether (sulfide) groups is 1. The lowest BCUT2D eigenvalue weighted by molar-refractivity contribution is 0.0782. The highest BCUT2D eigenvalue weighted by Gasteiger charge is 2.32. The van der Waals surface area contributed by atoms with E-state index >= 15 is 0 Å². The SMILES string of the molecule is CN=C(NCC1(SC)CCOCC1)NC1CCc2ccccc2C1.I. The fraction of sp³-hybridized carbons (Fsp3) is 0.632. The van der Waals surface area contributed by atoms with Crippen LogP contribution >= 0.6 is 35.7 Å². The maximum atomic E-state index is 5.53. The van der Waals surface area contributed by atoms with Gasteiger partial charge in [-0.2, -0.15) is 11.8 Å². The third-order valence-corrected chi connectivity index (χ3v) is 6.74. The van der Waals surface area contributed by atoms with Crippen LogP contribution in [0.4, 0.5) is 0 Å². The van der Waals surface area contributed by atoms with Crippen LogP contribution in [0.25, 0.3) is 0 Å². The normalized spacial score (nSPS) is 22.5. The molecular formula is C19H30IN3OS. The number of aliphatic imine (C=N–C) groups is 1. The van der Waals surface area contributed by atoms with Crippen LogP contribution in [0.1, 0.15) is 30.4 Å². The molecule has 1 atom stereocenters. The Bertz CT molecular complexity index is 576. The van der Waals surface area contributed by atoms with Gasteiger partial charge in [-0.15, -0.1) is 24.0 Å². The Balaban J connectivity index is 0.00000225. The second kappa shape index (κ2) is 10.0. The molecule has 0 spiro atoms. The number of hydrogen-bond acceptors (Lipinski definition) is 3. The van der Waals surface area contributed by atoms with Crippen LogP contribution in [0.5, 0.6) is 0 Å². The Morgan fingerprint density at radius 3 is 2.68 bits per heavy atom. The molecule has 1 fully saturated rings. The van der Waals surface area contributed by atoms with Gasteiger partial charge in [0, 0.05) is 37.6 Å². The number of fused-ring (bicyclic) bond motifs is 1. The van der Waals surface area contributed by atoms with E-state index in [1.807, 2.05) is 18.8 Å². The van der Waals surface area contributed by atoms with Crippen molar-refractivity contribution in [1.82, 2.24) is 10.6 Å². The monoisotopic (exact) mass is 475 g/mol. The molecule has 1 aromatic carbocycles. The summed E-state index contributed by atoms with van der Waals surface area (Å²) in [5, 5.41) is 7.19. The summed E-state index contributed by atoms with van der Waals surface area (Å²) in [5.74, 6) is 0.930. The number of benzene rings is 1. The molecular weight excluding hydrogens is 445 g/mol. The van der Waals surface area contributed by atoms with E-state index in [1.165, 1.54) is 17.5 Å². The van der Waals surface area contributed by atoms with E-state index in [1.54, 1.807) is 0 Å². The van der Waals surface area contributed by atoms with Gasteiger partial charge in [0.25, 0.3) is 0 Å². The van der Waals surface area contributed by atoms with Crippen molar-refractivity contribution in [2.45, 2.75) is 42.9 Å². The van der Waals surface area contributed by atoms with Gasteiger partial charge < -0.3 is 15.4 Å². The molecule has 1 aliphatic heterocycles. The molecule has 0 radical (unpaired) electrons. The van der Waals surface area contributed by atoms with Gasteiger partial charge in [0.1, 0.15) is 0 Å². The van der Waals surface area contributed by atoms with Crippen LogP contribution in [-0.4, -0.2) is 49.8 Å². The third kappa shape index (κ3) is 5.50. The summed E-state index contributed by atoms with van der Waals surface area (Å²) in [5.41, 5.74) is 2.98. The molecule has 2 N–H and O–H groups in total. The van der Waals surface area contributed by atoms with Crippen molar-refractivity contribution in [2.24, 2.45) is 4.99 Å². The molecule has 6 heteroatoms. The predicted octanol–water partition coefficient (Wildman–Crippen LogP) is 3.24. The average molecular weight is 475 g/mol. The number of nitrogens with zero attached hydrogens (tertiary/aromatic N) is 1. The molecule has 1 aromatic rings. The Kier molecular flexibility index (Phi) is 8.35. The van der Waals surface area contributed by atoms with Gasteiger partial charge in [0.05, 0.1) is 0 Å². The summed E-state index contributed by atoms with van der Waals surface area (Å²) < 4.78 is 5.80. The second-order valence-electron chi connectivity index (χ2n) is 6.78. The molecule has 0 amide bonds. The van der Waals surface area contributed by atoms with Crippen LogP contribution in [0, 0.1) is 0 Å². The van der Waals surface area contributed by atoms with Crippen LogP contribution in [0.2, 0.25) is 0 Å². The average Bonchev–Trinajstić information content (AvgIpc) is 2.65. The molecule has 4 nitrogen and oxygen atoms in total. The summed E-state index contributed by atoms with van der Waals surface area (Å²) in [6.07, 6.45) is 7.82. The summed E-state index contributed by atoms with van der Waals surface area (Å²) in [6, 6.07) is 9.26. The van der Waals surface area contributed by atoms with Gasteiger partial charge >= 0.3 is 0 Å². The minimum Gasteiger partial charge on any atom is -0.381 e. The largest absolute Gasteiger partial charge is 0.381 e. The standard InChI is InChI=1S/C19H29N3OS.HI/c1-20-18(21-14-19(24-2)9-11-23-12-10-19)22-17-8-7-15-5-3-4-6-16(15)13-17;/h3-6,17H,7-14H2,1-2H3,(H2,20,21,22);1H. The number of nitrogens with one attached hydrogen (secondary N) is 2. The summed E-state index contributed by atoms with van der Waals surface area (Å²) in [4.78, 5) is 4.44. The van der Waals surface area contributed by atoms with Gasteiger partial charge in [-0.25, -0.2) is 0 Å². The summed E-state index contributed by atoms with van der Waals surface area (Å²) in [6.45, 7) is 2.68. The van der Waals surface area contributed by atoms with E-state index < -0.39 is 0 Å². The lowest BCUT2D eigenvalue weighted by Gasteiger charge is -2.36. The first kappa shape index (κ1) is 20.8. The minimum atomic E-state index is 0. The first-order valence-corrected chi connectivity index (χ1v) is 10.1. The highest BCUT2D eigenvalue weighted by Crippen LogP contribution is 2.33. The van der Waals surface area contributed by atoms with Crippen LogP contribution in [0.3, 0.4) is 0 Å². The quantitative estimate of drug-likeness (QED) is 0.399. The molecule has 140 valence electrons. The number of halogens is 1. The number of guanidine groups is 1. The van der Waals surface area contributed by atoms with Crippen LogP contribution < -0.4 is 10.6 Å². The van der Waals surface area contributed by atoms with Gasteiger partial charge in [-0.3, -0.25) is 4.99 Å². The molecule has 1 heterocycles. The van der Waals surface area contributed by atoms with E-state index in [9.17, 15) is 0 Å². The van der Waals surface area contributed by atoms with E-state index in [0.717, 1.165) is 51.4 Å². The number of rotatable bonds is 4. The third-order valence-electron chi connectivity index (χ3n) is 5.33. The first-order chi connectivity index (χ1) is 11.7. The zero-order chi connectivity index (χ0) is 16.8. The molecule has 1 saturated heterocycles. The lowest BCUT2D eigenvalue weighted by Crippen LogP contribution is -2.51. The molecule has 2 aliphatic rings. The van der Waals surface area contributed by atoms with E-state index in [-0.39, 0.29) is 28.7 Å². The highest BCUT2D eigenvalue weighted by molar-refractivity contribution is 14.0. The fourth-order valence-electron chi connectivity index (χ4n) is 3.65. The number of hydrogen-bond donors (Lipinski definition) is 2. The number of ether oxygens (including phenoxy) is 1. The molecule has 1 unspecified atom stereocenters. The van der Waals surface area contributed by atoms with Crippen molar-refractivity contribution in [3.05, 3.63) is 35.4 Å². The molecule has 25 heavy (non-hydrogen) atoms. The van der Waals surface area contributed by atoms with Crippen molar-refractivity contribution in [2.75, 3.05) is 33.1 Å². The highest BCUT2D eigenvalue weighted by atomic mass is 127. The second-order valence-corrected chi connectivity index (χ2v) is 8.05. The minimum absolute atomic E-state index is 0. The Hall–Kier alpha value is -0.470. The molecule has 0 bridgehead atoms. The van der Waals surface area contributed by atoms with Crippen molar-refractivity contribution >= 4 is 41.7 Å².